The van der Waals surface area contributed by atoms with Gasteiger partial charge < -0.3 is 0 Å². The molecule has 0 radical (unpaired) electrons. The summed E-state index contributed by atoms with van der Waals surface area (Å²) in [4.78, 5) is 12.5. The first-order valence-electron chi connectivity index (χ1n) is 5.67. The summed E-state index contributed by atoms with van der Waals surface area (Å²) >= 11 is 17.7. The van der Waals surface area contributed by atoms with Gasteiger partial charge in [-0.3, -0.25) is 4.79 Å². The number of hydrogen-bond acceptors (Lipinski definition) is 2. The van der Waals surface area contributed by atoms with Crippen molar-refractivity contribution in [1.29, 1.82) is 5.26 Å². The van der Waals surface area contributed by atoms with E-state index in [1.165, 1.54) is 12.1 Å². The lowest BCUT2D eigenvalue weighted by Crippen LogP contribution is -2.12. The number of benzene rings is 2. The fourth-order valence-corrected chi connectivity index (χ4v) is 2.39. The fourth-order valence-electron chi connectivity index (χ4n) is 1.81. The highest BCUT2D eigenvalue weighted by Crippen LogP contribution is 2.28. The Morgan fingerprint density at radius 1 is 1.05 bits per heavy atom. The van der Waals surface area contributed by atoms with E-state index in [0.29, 0.717) is 15.6 Å². The van der Waals surface area contributed by atoms with Crippen LogP contribution in [0.5, 0.6) is 0 Å². The molecular weight excluding hydrogens is 317 g/mol. The van der Waals surface area contributed by atoms with Crippen molar-refractivity contribution in [2.45, 2.75) is 5.92 Å². The molecule has 0 fully saturated rings. The van der Waals surface area contributed by atoms with Crippen LogP contribution in [0.15, 0.2) is 42.5 Å². The second-order valence-electron chi connectivity index (χ2n) is 4.11. The number of ketones is 1. The van der Waals surface area contributed by atoms with Crippen molar-refractivity contribution >= 4 is 40.6 Å². The fraction of sp³-hybridized carbons (Fsp3) is 0.0667. The SMILES string of the molecule is N#CC(C(=O)c1cc(Cl)ccc1Cl)c1cccc(Cl)c1. The van der Waals surface area contributed by atoms with Gasteiger partial charge >= 0.3 is 0 Å². The van der Waals surface area contributed by atoms with E-state index in [9.17, 15) is 10.1 Å². The van der Waals surface area contributed by atoms with Gasteiger partial charge in [0, 0.05) is 15.6 Å². The Morgan fingerprint density at radius 3 is 2.40 bits per heavy atom. The predicted molar refractivity (Wildman–Crippen MR) is 80.6 cm³/mol. The molecule has 1 unspecified atom stereocenters. The van der Waals surface area contributed by atoms with Crippen LogP contribution in [0.25, 0.3) is 0 Å². The maximum absolute atomic E-state index is 12.5. The Kier molecular flexibility index (Phi) is 4.67. The second kappa shape index (κ2) is 6.28. The molecule has 0 N–H and O–H groups in total. The van der Waals surface area contributed by atoms with Gasteiger partial charge in [-0.25, -0.2) is 0 Å². The van der Waals surface area contributed by atoms with Crippen molar-refractivity contribution in [2.24, 2.45) is 0 Å². The van der Waals surface area contributed by atoms with Crippen molar-refractivity contribution in [2.75, 3.05) is 0 Å². The Hall–Kier alpha value is -1.53. The van der Waals surface area contributed by atoms with Gasteiger partial charge in [-0.1, -0.05) is 46.9 Å². The van der Waals surface area contributed by atoms with E-state index in [0.717, 1.165) is 0 Å². The van der Waals surface area contributed by atoms with Gasteiger partial charge in [0.1, 0.15) is 5.92 Å². The molecule has 20 heavy (non-hydrogen) atoms. The number of hydrogen-bond donors (Lipinski definition) is 0. The summed E-state index contributed by atoms with van der Waals surface area (Å²) in [5.74, 6) is -1.37. The van der Waals surface area contributed by atoms with E-state index < -0.39 is 11.7 Å². The lowest BCUT2D eigenvalue weighted by Gasteiger charge is -2.10. The van der Waals surface area contributed by atoms with Crippen molar-refractivity contribution in [1.82, 2.24) is 0 Å². The first-order valence-corrected chi connectivity index (χ1v) is 6.80. The largest absolute Gasteiger partial charge is 0.292 e. The molecule has 100 valence electrons. The predicted octanol–water partition coefficient (Wildman–Crippen LogP) is 5.14. The normalized spacial score (nSPS) is 11.7. The third kappa shape index (κ3) is 3.13. The standard InChI is InChI=1S/C15H8Cl3NO/c16-10-3-1-2-9(6-10)13(8-19)15(20)12-7-11(17)4-5-14(12)18/h1-7,13H. The summed E-state index contributed by atoms with van der Waals surface area (Å²) in [7, 11) is 0. The van der Waals surface area contributed by atoms with Gasteiger partial charge in [0.2, 0.25) is 0 Å². The van der Waals surface area contributed by atoms with Gasteiger partial charge in [-0.2, -0.15) is 5.26 Å². The lowest BCUT2D eigenvalue weighted by molar-refractivity contribution is 0.0979. The Balaban J connectivity index is 2.45. The molecule has 0 heterocycles. The van der Waals surface area contributed by atoms with Gasteiger partial charge in [-0.05, 0) is 35.9 Å². The van der Waals surface area contributed by atoms with Gasteiger partial charge in [0.15, 0.2) is 5.78 Å². The van der Waals surface area contributed by atoms with E-state index in [-0.39, 0.29) is 10.6 Å². The number of nitriles is 1. The molecule has 2 aromatic carbocycles. The molecule has 0 bridgehead atoms. The van der Waals surface area contributed by atoms with E-state index in [2.05, 4.69) is 0 Å². The number of halogens is 3. The minimum absolute atomic E-state index is 0.227. The molecule has 5 heteroatoms. The minimum Gasteiger partial charge on any atom is -0.292 e. The summed E-state index contributed by atoms with van der Waals surface area (Å²) in [6, 6.07) is 13.2. The quantitative estimate of drug-likeness (QED) is 0.734. The number of carbonyl (C=O) groups excluding carboxylic acids is 1. The van der Waals surface area contributed by atoms with Crippen molar-refractivity contribution in [3.05, 3.63) is 68.7 Å². The number of rotatable bonds is 3. The third-order valence-electron chi connectivity index (χ3n) is 2.77. The molecule has 0 aliphatic carbocycles. The molecule has 0 aliphatic rings. The molecule has 0 amide bonds. The monoisotopic (exact) mass is 323 g/mol. The molecule has 0 aromatic heterocycles. The van der Waals surface area contributed by atoms with Crippen LogP contribution < -0.4 is 0 Å². The van der Waals surface area contributed by atoms with Gasteiger partial charge in [0.05, 0.1) is 11.1 Å². The van der Waals surface area contributed by atoms with Crippen LogP contribution in [0.3, 0.4) is 0 Å². The van der Waals surface area contributed by atoms with E-state index in [1.807, 2.05) is 6.07 Å². The summed E-state index contributed by atoms with van der Waals surface area (Å²) in [5.41, 5.74) is 0.756. The molecule has 0 aliphatic heterocycles. The first kappa shape index (κ1) is 14.9. The smallest absolute Gasteiger partial charge is 0.186 e. The topological polar surface area (TPSA) is 40.9 Å². The van der Waals surface area contributed by atoms with Crippen LogP contribution in [0, 0.1) is 11.3 Å². The maximum atomic E-state index is 12.5. The second-order valence-corrected chi connectivity index (χ2v) is 5.39. The molecule has 0 spiro atoms. The molecule has 0 saturated carbocycles. The van der Waals surface area contributed by atoms with Crippen LogP contribution in [-0.2, 0) is 0 Å². The minimum atomic E-state index is -0.968. The highest BCUT2D eigenvalue weighted by Gasteiger charge is 2.24. The van der Waals surface area contributed by atoms with E-state index in [4.69, 9.17) is 34.8 Å². The maximum Gasteiger partial charge on any atom is 0.186 e. The van der Waals surface area contributed by atoms with Gasteiger partial charge in [-0.15, -0.1) is 0 Å². The van der Waals surface area contributed by atoms with Crippen LogP contribution in [0.2, 0.25) is 15.1 Å². The van der Waals surface area contributed by atoms with Crippen LogP contribution in [0.4, 0.5) is 0 Å². The molecular formula is C15H8Cl3NO. The summed E-state index contributed by atoms with van der Waals surface area (Å²) in [6.45, 7) is 0. The Morgan fingerprint density at radius 2 is 1.75 bits per heavy atom. The van der Waals surface area contributed by atoms with Crippen molar-refractivity contribution in [3.63, 3.8) is 0 Å². The Bertz CT molecular complexity index is 707. The highest BCUT2D eigenvalue weighted by molar-refractivity contribution is 6.36. The summed E-state index contributed by atoms with van der Waals surface area (Å²) in [6.07, 6.45) is 0. The molecule has 2 rings (SSSR count). The summed E-state index contributed by atoms with van der Waals surface area (Å²) < 4.78 is 0. The van der Waals surface area contributed by atoms with Crippen LogP contribution in [-0.4, -0.2) is 5.78 Å². The van der Waals surface area contributed by atoms with E-state index >= 15 is 0 Å². The zero-order chi connectivity index (χ0) is 14.7. The molecule has 0 saturated heterocycles. The average Bonchev–Trinajstić information content (AvgIpc) is 2.42. The molecule has 1 atom stereocenters. The lowest BCUT2D eigenvalue weighted by atomic mass is 9.92. The average molecular weight is 325 g/mol. The van der Waals surface area contributed by atoms with Crippen molar-refractivity contribution in [3.8, 4) is 6.07 Å². The number of carbonyl (C=O) groups is 1. The van der Waals surface area contributed by atoms with Crippen molar-refractivity contribution < 1.29 is 4.79 Å². The highest BCUT2D eigenvalue weighted by atomic mass is 35.5. The van der Waals surface area contributed by atoms with Crippen LogP contribution in [0.1, 0.15) is 21.8 Å². The van der Waals surface area contributed by atoms with E-state index in [1.54, 1.807) is 30.3 Å². The zero-order valence-corrected chi connectivity index (χ0v) is 12.4. The first-order chi connectivity index (χ1) is 9.52. The van der Waals surface area contributed by atoms with Crippen LogP contribution >= 0.6 is 34.8 Å². The summed E-state index contributed by atoms with van der Waals surface area (Å²) in [5, 5.41) is 10.4. The van der Waals surface area contributed by atoms with Gasteiger partial charge in [0.25, 0.3) is 0 Å². The number of Topliss-reactive ketones (excluding diaryl/α,β-unsaturated/α-hetero) is 1. The molecule has 2 nitrogen and oxygen atoms in total. The molecule has 2 aromatic rings. The Labute approximate surface area is 131 Å². The number of nitrogens with zero attached hydrogens (tertiary/aromatic N) is 1. The third-order valence-corrected chi connectivity index (χ3v) is 3.57. The zero-order valence-electron chi connectivity index (χ0n) is 10.1.